The van der Waals surface area contributed by atoms with Gasteiger partial charge in [0, 0.05) is 22.7 Å². The molecule has 0 aliphatic heterocycles. The summed E-state index contributed by atoms with van der Waals surface area (Å²) in [7, 11) is 1.10. The Hall–Kier alpha value is -1.51. The second-order valence-electron chi connectivity index (χ2n) is 3.39. The number of aromatic amines is 1. The lowest BCUT2D eigenvalue weighted by molar-refractivity contribution is -0.275. The first kappa shape index (κ1) is 15.5. The highest BCUT2D eigenvalue weighted by atomic mass is 79.9. The van der Waals surface area contributed by atoms with Gasteiger partial charge in [-0.3, -0.25) is 9.59 Å². The number of esters is 1. The van der Waals surface area contributed by atoms with Gasteiger partial charge < -0.3 is 14.5 Å². The van der Waals surface area contributed by atoms with Crippen molar-refractivity contribution in [2.75, 3.05) is 7.11 Å². The number of alkyl halides is 4. The normalized spacial score (nSPS) is 11.2. The van der Waals surface area contributed by atoms with Gasteiger partial charge in [0.05, 0.1) is 13.5 Å². The summed E-state index contributed by atoms with van der Waals surface area (Å²) < 4.78 is 44.9. The number of nitrogens with one attached hydrogen (secondary N) is 1. The maximum atomic E-state index is 12.2. The van der Waals surface area contributed by atoms with E-state index in [1.165, 1.54) is 0 Å². The molecule has 1 aromatic rings. The lowest BCUT2D eigenvalue weighted by Crippen LogP contribution is -2.22. The minimum absolute atomic E-state index is 0.0592. The summed E-state index contributed by atoms with van der Waals surface area (Å²) >= 11 is 3.01. The number of ether oxygens (including phenoxy) is 2. The molecule has 1 rings (SSSR count). The van der Waals surface area contributed by atoms with Gasteiger partial charge in [-0.2, -0.15) is 0 Å². The van der Waals surface area contributed by atoms with Crippen LogP contribution in [0, 0.1) is 0 Å². The summed E-state index contributed by atoms with van der Waals surface area (Å²) in [5.41, 5.74) is -0.722. The van der Waals surface area contributed by atoms with E-state index in [2.05, 4.69) is 30.4 Å². The van der Waals surface area contributed by atoms with Crippen LogP contribution in [0.4, 0.5) is 13.2 Å². The number of H-pyrrole nitrogens is 1. The SMILES string of the molecule is COC(=O)Cc1c(OC(F)(F)F)cc(=O)[nH]c1CBr. The summed E-state index contributed by atoms with van der Waals surface area (Å²) in [6.07, 6.45) is -5.40. The zero-order chi connectivity index (χ0) is 14.6. The van der Waals surface area contributed by atoms with Crippen molar-refractivity contribution in [2.45, 2.75) is 18.1 Å². The molecule has 0 atom stereocenters. The van der Waals surface area contributed by atoms with Crippen LogP contribution in [0.1, 0.15) is 11.3 Å². The molecular weight excluding hydrogens is 335 g/mol. The third-order valence-electron chi connectivity index (χ3n) is 2.11. The molecule has 0 bridgehead atoms. The molecule has 0 saturated carbocycles. The molecule has 0 aliphatic rings. The van der Waals surface area contributed by atoms with E-state index in [4.69, 9.17) is 0 Å². The first-order chi connectivity index (χ1) is 8.76. The minimum atomic E-state index is -4.96. The van der Waals surface area contributed by atoms with Crippen molar-refractivity contribution in [3.63, 3.8) is 0 Å². The molecule has 1 aromatic heterocycles. The summed E-state index contributed by atoms with van der Waals surface area (Å²) in [4.78, 5) is 24.7. The number of methoxy groups -OCH3 is 1. The Bertz CT molecular complexity index is 526. The standard InChI is InChI=1S/C10H9BrF3NO4/c1-18-9(17)2-5-6(4-11)15-8(16)3-7(5)19-10(12,13)14/h3H,2,4H2,1H3,(H,15,16). The molecule has 0 aliphatic carbocycles. The number of carbonyl (C=O) groups is 1. The maximum absolute atomic E-state index is 12.2. The predicted molar refractivity (Wildman–Crippen MR) is 62.1 cm³/mol. The zero-order valence-electron chi connectivity index (χ0n) is 9.64. The van der Waals surface area contributed by atoms with E-state index in [0.717, 1.165) is 7.11 Å². The van der Waals surface area contributed by atoms with Gasteiger partial charge in [-0.1, -0.05) is 15.9 Å². The third kappa shape index (κ3) is 4.58. The van der Waals surface area contributed by atoms with Crippen molar-refractivity contribution in [3.8, 4) is 5.75 Å². The van der Waals surface area contributed by atoms with E-state index >= 15 is 0 Å². The van der Waals surface area contributed by atoms with Crippen LogP contribution in [0.15, 0.2) is 10.9 Å². The van der Waals surface area contributed by atoms with E-state index in [9.17, 15) is 22.8 Å². The molecule has 5 nitrogen and oxygen atoms in total. The summed E-state index contributed by atoms with van der Waals surface area (Å²) in [5.74, 6) is -1.46. The van der Waals surface area contributed by atoms with Gasteiger partial charge >= 0.3 is 12.3 Å². The number of hydrogen-bond acceptors (Lipinski definition) is 4. The Kier molecular flexibility index (Phi) is 4.98. The Morgan fingerprint density at radius 2 is 2.11 bits per heavy atom. The number of halogens is 4. The molecular formula is C10H9BrF3NO4. The van der Waals surface area contributed by atoms with E-state index in [0.29, 0.717) is 6.07 Å². The van der Waals surface area contributed by atoms with Crippen molar-refractivity contribution in [1.29, 1.82) is 0 Å². The van der Waals surface area contributed by atoms with Crippen molar-refractivity contribution in [2.24, 2.45) is 0 Å². The Labute approximate surface area is 113 Å². The molecule has 0 radical (unpaired) electrons. The predicted octanol–water partition coefficient (Wildman–Crippen LogP) is 1.88. The average Bonchev–Trinajstić information content (AvgIpc) is 2.29. The van der Waals surface area contributed by atoms with Gasteiger partial charge in [0.2, 0.25) is 0 Å². The number of rotatable bonds is 4. The zero-order valence-corrected chi connectivity index (χ0v) is 11.2. The molecule has 19 heavy (non-hydrogen) atoms. The van der Waals surface area contributed by atoms with E-state index in [1.807, 2.05) is 0 Å². The number of hydrogen-bond donors (Lipinski definition) is 1. The fourth-order valence-electron chi connectivity index (χ4n) is 1.36. The molecule has 0 fully saturated rings. The van der Waals surface area contributed by atoms with Gasteiger partial charge in [0.25, 0.3) is 5.56 Å². The fourth-order valence-corrected chi connectivity index (χ4v) is 1.83. The van der Waals surface area contributed by atoms with Crippen molar-refractivity contribution < 1.29 is 27.4 Å². The van der Waals surface area contributed by atoms with E-state index in [1.54, 1.807) is 0 Å². The highest BCUT2D eigenvalue weighted by molar-refractivity contribution is 9.08. The molecule has 1 heterocycles. The van der Waals surface area contributed by atoms with Crippen LogP contribution in [0.25, 0.3) is 0 Å². The summed E-state index contributed by atoms with van der Waals surface area (Å²) in [5, 5.41) is 0.0592. The van der Waals surface area contributed by atoms with Crippen LogP contribution in [0.2, 0.25) is 0 Å². The van der Waals surface area contributed by atoms with Crippen LogP contribution in [0.5, 0.6) is 5.75 Å². The Balaban J connectivity index is 3.29. The quantitative estimate of drug-likeness (QED) is 0.669. The van der Waals surface area contributed by atoms with Gasteiger partial charge in [-0.05, 0) is 0 Å². The topological polar surface area (TPSA) is 68.4 Å². The number of aromatic nitrogens is 1. The maximum Gasteiger partial charge on any atom is 0.573 e. The third-order valence-corrected chi connectivity index (χ3v) is 2.67. The summed E-state index contributed by atoms with van der Waals surface area (Å²) in [6, 6.07) is 0.637. The smallest absolute Gasteiger partial charge is 0.469 e. The first-order valence-corrected chi connectivity index (χ1v) is 6.02. The second kappa shape index (κ2) is 6.09. The van der Waals surface area contributed by atoms with Crippen LogP contribution in [0.3, 0.4) is 0 Å². The fraction of sp³-hybridized carbons (Fsp3) is 0.400. The highest BCUT2D eigenvalue weighted by Crippen LogP contribution is 2.28. The van der Waals surface area contributed by atoms with Gasteiger partial charge in [0.15, 0.2) is 0 Å². The molecule has 0 spiro atoms. The Morgan fingerprint density at radius 3 is 2.58 bits per heavy atom. The van der Waals surface area contributed by atoms with Crippen LogP contribution >= 0.6 is 15.9 Å². The lowest BCUT2D eigenvalue weighted by atomic mass is 10.1. The first-order valence-electron chi connectivity index (χ1n) is 4.90. The average molecular weight is 344 g/mol. The molecule has 0 unspecified atom stereocenters. The molecule has 0 amide bonds. The van der Waals surface area contributed by atoms with Gasteiger partial charge in [0.1, 0.15) is 5.75 Å². The number of pyridine rings is 1. The molecule has 106 valence electrons. The van der Waals surface area contributed by atoms with Crippen LogP contribution in [-0.2, 0) is 21.3 Å². The van der Waals surface area contributed by atoms with Crippen LogP contribution < -0.4 is 10.3 Å². The van der Waals surface area contributed by atoms with E-state index in [-0.39, 0.29) is 16.6 Å². The minimum Gasteiger partial charge on any atom is -0.469 e. The lowest BCUT2D eigenvalue weighted by Gasteiger charge is -2.14. The monoisotopic (exact) mass is 343 g/mol. The van der Waals surface area contributed by atoms with Crippen molar-refractivity contribution in [3.05, 3.63) is 27.7 Å². The van der Waals surface area contributed by atoms with Crippen molar-refractivity contribution >= 4 is 21.9 Å². The van der Waals surface area contributed by atoms with Gasteiger partial charge in [-0.15, -0.1) is 13.2 Å². The summed E-state index contributed by atoms with van der Waals surface area (Å²) in [6.45, 7) is 0. The second-order valence-corrected chi connectivity index (χ2v) is 3.95. The van der Waals surface area contributed by atoms with Crippen LogP contribution in [-0.4, -0.2) is 24.4 Å². The molecule has 9 heteroatoms. The number of carbonyl (C=O) groups excluding carboxylic acids is 1. The Morgan fingerprint density at radius 1 is 1.47 bits per heavy atom. The largest absolute Gasteiger partial charge is 0.573 e. The molecule has 0 aromatic carbocycles. The van der Waals surface area contributed by atoms with E-state index < -0.39 is 30.1 Å². The van der Waals surface area contributed by atoms with Gasteiger partial charge in [-0.25, -0.2) is 0 Å². The molecule has 1 N–H and O–H groups in total. The molecule has 0 saturated heterocycles. The highest BCUT2D eigenvalue weighted by Gasteiger charge is 2.33. The van der Waals surface area contributed by atoms with Crippen molar-refractivity contribution in [1.82, 2.24) is 4.98 Å².